The van der Waals surface area contributed by atoms with E-state index in [9.17, 15) is 9.90 Å². The highest BCUT2D eigenvalue weighted by Crippen LogP contribution is 2.65. The molecular weight excluding hydrogens is 284 g/mol. The quantitative estimate of drug-likeness (QED) is 0.667. The first kappa shape index (κ1) is 15.9. The van der Waals surface area contributed by atoms with Gasteiger partial charge in [0.2, 0.25) is 0 Å². The summed E-state index contributed by atoms with van der Waals surface area (Å²) in [4.78, 5) is 12.5. The molecule has 4 aliphatic rings. The van der Waals surface area contributed by atoms with Crippen LogP contribution in [-0.4, -0.2) is 17.0 Å². The van der Waals surface area contributed by atoms with Gasteiger partial charge in [-0.15, -0.1) is 0 Å². The van der Waals surface area contributed by atoms with Crippen LogP contribution in [0.4, 0.5) is 0 Å². The van der Waals surface area contributed by atoms with Crippen LogP contribution < -0.4 is 0 Å². The Morgan fingerprint density at radius 1 is 1.04 bits per heavy atom. The van der Waals surface area contributed by atoms with Crippen molar-refractivity contribution < 1.29 is 9.90 Å². The SMILES string of the molecule is CC1=C2[C@H](C)[C@@H](O)CC[C@]2(C)[C@H]2CC[C@]3(C)C(=O)CC[C@H]3[C@@H]2C1. The fourth-order valence-electron chi connectivity index (χ4n) is 7.40. The number of carbonyl (C=O) groups excluding carboxylic acids is 1. The molecule has 0 aromatic heterocycles. The molecule has 2 heteroatoms. The van der Waals surface area contributed by atoms with Crippen LogP contribution in [0.3, 0.4) is 0 Å². The Labute approximate surface area is 140 Å². The van der Waals surface area contributed by atoms with Crippen LogP contribution in [0, 0.1) is 34.5 Å². The van der Waals surface area contributed by atoms with E-state index in [0.29, 0.717) is 23.5 Å². The molecule has 0 saturated heterocycles. The second-order valence-corrected chi connectivity index (χ2v) is 9.51. The van der Waals surface area contributed by atoms with Crippen molar-refractivity contribution in [2.45, 2.75) is 78.7 Å². The highest BCUT2D eigenvalue weighted by Gasteiger charge is 2.59. The van der Waals surface area contributed by atoms with Gasteiger partial charge in [0.05, 0.1) is 6.10 Å². The van der Waals surface area contributed by atoms with E-state index in [1.54, 1.807) is 5.57 Å². The molecule has 0 heterocycles. The summed E-state index contributed by atoms with van der Waals surface area (Å²) >= 11 is 0. The van der Waals surface area contributed by atoms with E-state index in [0.717, 1.165) is 38.0 Å². The first-order valence-corrected chi connectivity index (χ1v) is 9.70. The molecule has 4 rings (SSSR count). The van der Waals surface area contributed by atoms with E-state index in [1.165, 1.54) is 18.4 Å². The first-order valence-electron chi connectivity index (χ1n) is 9.70. The predicted molar refractivity (Wildman–Crippen MR) is 91.9 cm³/mol. The number of allylic oxidation sites excluding steroid dienone is 1. The third kappa shape index (κ3) is 1.94. The van der Waals surface area contributed by atoms with Crippen LogP contribution in [0.15, 0.2) is 11.1 Å². The first-order chi connectivity index (χ1) is 10.8. The van der Waals surface area contributed by atoms with Gasteiger partial charge in [0, 0.05) is 17.8 Å². The van der Waals surface area contributed by atoms with Crippen LogP contribution >= 0.6 is 0 Å². The van der Waals surface area contributed by atoms with Gasteiger partial charge < -0.3 is 5.11 Å². The standard InChI is InChI=1S/C21H32O2/c1-12-11-14-15-5-6-18(23)20(15,3)9-7-16(14)21(4)10-8-17(22)13(2)19(12)21/h13-17,22H,5-11H2,1-4H3/t13-,14+,15+,16+,17+,20+,21-/m1/s1. The van der Waals surface area contributed by atoms with Crippen molar-refractivity contribution in [3.63, 3.8) is 0 Å². The highest BCUT2D eigenvalue weighted by atomic mass is 16.3. The molecule has 3 saturated carbocycles. The second-order valence-electron chi connectivity index (χ2n) is 9.51. The van der Waals surface area contributed by atoms with E-state index in [1.807, 2.05) is 0 Å². The Balaban J connectivity index is 1.77. The number of hydrogen-bond donors (Lipinski definition) is 1. The summed E-state index contributed by atoms with van der Waals surface area (Å²) in [5.41, 5.74) is 3.34. The minimum absolute atomic E-state index is 0.0326. The van der Waals surface area contributed by atoms with Crippen molar-refractivity contribution in [3.8, 4) is 0 Å². The Morgan fingerprint density at radius 2 is 1.70 bits per heavy atom. The van der Waals surface area contributed by atoms with Gasteiger partial charge in [-0.2, -0.15) is 0 Å². The summed E-state index contributed by atoms with van der Waals surface area (Å²) < 4.78 is 0. The Bertz CT molecular complexity index is 576. The van der Waals surface area contributed by atoms with Gasteiger partial charge in [-0.25, -0.2) is 0 Å². The zero-order valence-electron chi connectivity index (χ0n) is 15.2. The summed E-state index contributed by atoms with van der Waals surface area (Å²) in [6, 6.07) is 0. The molecule has 0 aromatic rings. The van der Waals surface area contributed by atoms with Gasteiger partial charge in [0.1, 0.15) is 5.78 Å². The molecule has 0 amide bonds. The lowest BCUT2D eigenvalue weighted by Gasteiger charge is -2.59. The number of aliphatic hydroxyl groups is 1. The molecule has 0 unspecified atom stereocenters. The van der Waals surface area contributed by atoms with Crippen molar-refractivity contribution in [1.82, 2.24) is 0 Å². The van der Waals surface area contributed by atoms with E-state index in [-0.39, 0.29) is 16.9 Å². The highest BCUT2D eigenvalue weighted by molar-refractivity contribution is 5.87. The Kier molecular flexibility index (Phi) is 3.41. The zero-order valence-corrected chi connectivity index (χ0v) is 15.2. The molecule has 128 valence electrons. The van der Waals surface area contributed by atoms with Crippen LogP contribution in [0.1, 0.15) is 72.6 Å². The molecule has 0 bridgehead atoms. The minimum atomic E-state index is -0.161. The third-order valence-electron chi connectivity index (χ3n) is 8.57. The maximum atomic E-state index is 12.5. The topological polar surface area (TPSA) is 37.3 Å². The lowest BCUT2D eigenvalue weighted by atomic mass is 9.46. The van der Waals surface area contributed by atoms with Crippen LogP contribution in [0.2, 0.25) is 0 Å². The molecule has 23 heavy (non-hydrogen) atoms. The number of ketones is 1. The maximum Gasteiger partial charge on any atom is 0.139 e. The number of Topliss-reactive ketones (excluding diaryl/α,β-unsaturated/α-hetero) is 1. The predicted octanol–water partition coefficient (Wildman–Crippen LogP) is 4.52. The molecule has 3 fully saturated rings. The average molecular weight is 316 g/mol. The monoisotopic (exact) mass is 316 g/mol. The van der Waals surface area contributed by atoms with Gasteiger partial charge in [-0.3, -0.25) is 4.79 Å². The molecule has 0 aromatic carbocycles. The third-order valence-corrected chi connectivity index (χ3v) is 8.57. The fraction of sp³-hybridized carbons (Fsp3) is 0.857. The van der Waals surface area contributed by atoms with Crippen molar-refractivity contribution >= 4 is 5.78 Å². The summed E-state index contributed by atoms with van der Waals surface area (Å²) in [6.07, 6.45) is 7.31. The van der Waals surface area contributed by atoms with Gasteiger partial charge in [-0.1, -0.05) is 31.9 Å². The lowest BCUT2D eigenvalue weighted by molar-refractivity contribution is -0.132. The van der Waals surface area contributed by atoms with E-state index in [2.05, 4.69) is 27.7 Å². The molecule has 0 aliphatic heterocycles. The normalized spacial score (nSPS) is 52.9. The number of fused-ring (bicyclic) bond motifs is 5. The molecule has 0 radical (unpaired) electrons. The van der Waals surface area contributed by atoms with Gasteiger partial charge in [0.25, 0.3) is 0 Å². The van der Waals surface area contributed by atoms with Crippen molar-refractivity contribution in [3.05, 3.63) is 11.1 Å². The lowest BCUT2D eigenvalue weighted by Crippen LogP contribution is -2.52. The Hall–Kier alpha value is -0.630. The molecule has 4 aliphatic carbocycles. The summed E-state index contributed by atoms with van der Waals surface area (Å²) in [6.45, 7) is 9.27. The van der Waals surface area contributed by atoms with E-state index in [4.69, 9.17) is 0 Å². The fourth-order valence-corrected chi connectivity index (χ4v) is 7.40. The number of carbonyl (C=O) groups is 1. The van der Waals surface area contributed by atoms with Crippen LogP contribution in [0.5, 0.6) is 0 Å². The van der Waals surface area contributed by atoms with Gasteiger partial charge in [-0.05, 0) is 68.6 Å². The van der Waals surface area contributed by atoms with Crippen LogP contribution in [0.25, 0.3) is 0 Å². The van der Waals surface area contributed by atoms with Gasteiger partial charge >= 0.3 is 0 Å². The molecule has 2 nitrogen and oxygen atoms in total. The Morgan fingerprint density at radius 3 is 2.43 bits per heavy atom. The molecule has 1 N–H and O–H groups in total. The summed E-state index contributed by atoms with van der Waals surface area (Å²) in [7, 11) is 0. The second kappa shape index (κ2) is 4.94. The molecular formula is C21H32O2. The summed E-state index contributed by atoms with van der Waals surface area (Å²) in [5, 5.41) is 10.4. The zero-order chi connectivity index (χ0) is 16.6. The van der Waals surface area contributed by atoms with Crippen molar-refractivity contribution in [1.29, 1.82) is 0 Å². The summed E-state index contributed by atoms with van der Waals surface area (Å²) in [5.74, 6) is 2.86. The van der Waals surface area contributed by atoms with E-state index < -0.39 is 0 Å². The average Bonchev–Trinajstić information content (AvgIpc) is 2.79. The van der Waals surface area contributed by atoms with Crippen molar-refractivity contribution in [2.75, 3.05) is 0 Å². The molecule has 0 spiro atoms. The number of aliphatic hydroxyl groups excluding tert-OH is 1. The number of rotatable bonds is 0. The smallest absolute Gasteiger partial charge is 0.139 e. The van der Waals surface area contributed by atoms with Gasteiger partial charge in [0.15, 0.2) is 0 Å². The number of hydrogen-bond acceptors (Lipinski definition) is 2. The molecule has 7 atom stereocenters. The maximum absolute atomic E-state index is 12.5. The van der Waals surface area contributed by atoms with Crippen LogP contribution in [-0.2, 0) is 4.79 Å². The van der Waals surface area contributed by atoms with Crippen molar-refractivity contribution in [2.24, 2.45) is 34.5 Å². The minimum Gasteiger partial charge on any atom is -0.393 e. The largest absolute Gasteiger partial charge is 0.393 e. The van der Waals surface area contributed by atoms with E-state index >= 15 is 0 Å².